The third kappa shape index (κ3) is 3.41. The molecule has 3 rings (SSSR count). The van der Waals surface area contributed by atoms with Gasteiger partial charge in [-0.15, -0.1) is 0 Å². The van der Waals surface area contributed by atoms with Gasteiger partial charge in [-0.05, 0) is 25.0 Å². The summed E-state index contributed by atoms with van der Waals surface area (Å²) >= 11 is 5.74. The molecule has 0 atom stereocenters. The Kier molecular flexibility index (Phi) is 4.59. The van der Waals surface area contributed by atoms with Gasteiger partial charge in [0.25, 0.3) is 11.5 Å². The lowest BCUT2D eigenvalue weighted by Gasteiger charge is -2.08. The Bertz CT molecular complexity index is 990. The highest BCUT2D eigenvalue weighted by molar-refractivity contribution is 6.29. The Hall–Kier alpha value is -2.67. The van der Waals surface area contributed by atoms with E-state index < -0.39 is 5.91 Å². The van der Waals surface area contributed by atoms with E-state index in [1.807, 2.05) is 13.8 Å². The van der Waals surface area contributed by atoms with E-state index in [2.05, 4.69) is 15.3 Å². The molecule has 0 saturated carbocycles. The van der Waals surface area contributed by atoms with Gasteiger partial charge in [0.15, 0.2) is 0 Å². The SMILES string of the molecule is Cc1oc2ncn(CC(C)C)c(=O)c2c1C(=O)Nc1ccc(Cl)nc1. The maximum absolute atomic E-state index is 12.8. The number of carbonyl (C=O) groups is 1. The highest BCUT2D eigenvalue weighted by Gasteiger charge is 2.23. The summed E-state index contributed by atoms with van der Waals surface area (Å²) in [5, 5.41) is 3.20. The molecular formula is C17H17ClN4O3. The average Bonchev–Trinajstić information content (AvgIpc) is 2.89. The summed E-state index contributed by atoms with van der Waals surface area (Å²) in [6.45, 7) is 6.13. The summed E-state index contributed by atoms with van der Waals surface area (Å²) in [6.07, 6.45) is 2.88. The van der Waals surface area contributed by atoms with Crippen molar-refractivity contribution in [3.63, 3.8) is 0 Å². The Morgan fingerprint density at radius 1 is 1.36 bits per heavy atom. The first-order valence-corrected chi connectivity index (χ1v) is 8.16. The van der Waals surface area contributed by atoms with Crippen LogP contribution in [0.4, 0.5) is 5.69 Å². The van der Waals surface area contributed by atoms with Crippen molar-refractivity contribution in [1.82, 2.24) is 14.5 Å². The molecule has 0 radical (unpaired) electrons. The molecule has 0 aromatic carbocycles. The molecule has 0 aliphatic rings. The lowest BCUT2D eigenvalue weighted by molar-refractivity contribution is 0.102. The molecule has 3 aromatic heterocycles. The van der Waals surface area contributed by atoms with Gasteiger partial charge >= 0.3 is 0 Å². The van der Waals surface area contributed by atoms with Crippen LogP contribution < -0.4 is 10.9 Å². The van der Waals surface area contributed by atoms with Crippen LogP contribution in [0.1, 0.15) is 30.0 Å². The van der Waals surface area contributed by atoms with Crippen LogP contribution in [0.15, 0.2) is 33.9 Å². The maximum Gasteiger partial charge on any atom is 0.265 e. The van der Waals surface area contributed by atoms with Gasteiger partial charge in [0.05, 0.1) is 17.4 Å². The Morgan fingerprint density at radius 2 is 2.12 bits per heavy atom. The molecule has 3 heterocycles. The van der Waals surface area contributed by atoms with E-state index >= 15 is 0 Å². The largest absolute Gasteiger partial charge is 0.442 e. The first kappa shape index (κ1) is 17.2. The van der Waals surface area contributed by atoms with E-state index in [1.54, 1.807) is 19.1 Å². The van der Waals surface area contributed by atoms with E-state index in [-0.39, 0.29) is 28.1 Å². The van der Waals surface area contributed by atoms with Crippen LogP contribution in [-0.2, 0) is 6.54 Å². The van der Waals surface area contributed by atoms with Gasteiger partial charge in [-0.1, -0.05) is 25.4 Å². The minimum atomic E-state index is -0.457. The van der Waals surface area contributed by atoms with Gasteiger partial charge in [0, 0.05) is 6.54 Å². The molecule has 0 spiro atoms. The number of hydrogen-bond acceptors (Lipinski definition) is 5. The molecule has 1 N–H and O–H groups in total. The van der Waals surface area contributed by atoms with Crippen LogP contribution in [0, 0.1) is 12.8 Å². The average molecular weight is 361 g/mol. The highest BCUT2D eigenvalue weighted by atomic mass is 35.5. The van der Waals surface area contributed by atoms with E-state index in [0.717, 1.165) is 0 Å². The molecule has 0 unspecified atom stereocenters. The van der Waals surface area contributed by atoms with Crippen molar-refractivity contribution in [3.8, 4) is 0 Å². The molecular weight excluding hydrogens is 344 g/mol. The van der Waals surface area contributed by atoms with Crippen molar-refractivity contribution < 1.29 is 9.21 Å². The summed E-state index contributed by atoms with van der Waals surface area (Å²) < 4.78 is 6.98. The molecule has 3 aromatic rings. The molecule has 130 valence electrons. The van der Waals surface area contributed by atoms with Crippen LogP contribution in [0.5, 0.6) is 0 Å². The van der Waals surface area contributed by atoms with E-state index in [1.165, 1.54) is 17.1 Å². The summed E-state index contributed by atoms with van der Waals surface area (Å²) in [6, 6.07) is 3.19. The number of aromatic nitrogens is 3. The van der Waals surface area contributed by atoms with E-state index in [9.17, 15) is 9.59 Å². The van der Waals surface area contributed by atoms with Crippen LogP contribution in [0.25, 0.3) is 11.1 Å². The van der Waals surface area contributed by atoms with Gasteiger partial charge in [-0.3, -0.25) is 14.2 Å². The molecule has 1 amide bonds. The Balaban J connectivity index is 2.05. The summed E-state index contributed by atoms with van der Waals surface area (Å²) in [7, 11) is 0. The molecule has 7 nitrogen and oxygen atoms in total. The molecule has 25 heavy (non-hydrogen) atoms. The zero-order valence-corrected chi connectivity index (χ0v) is 14.8. The molecule has 0 aliphatic carbocycles. The summed E-state index contributed by atoms with van der Waals surface area (Å²) in [4.78, 5) is 33.5. The summed E-state index contributed by atoms with van der Waals surface area (Å²) in [5.41, 5.74) is 0.506. The molecule has 0 fully saturated rings. The van der Waals surface area contributed by atoms with Crippen molar-refractivity contribution in [3.05, 3.63) is 51.5 Å². The van der Waals surface area contributed by atoms with Crippen molar-refractivity contribution in [2.75, 3.05) is 5.32 Å². The number of fused-ring (bicyclic) bond motifs is 1. The lowest BCUT2D eigenvalue weighted by atomic mass is 10.1. The van der Waals surface area contributed by atoms with Crippen LogP contribution in [0.3, 0.4) is 0 Å². The second-order valence-corrected chi connectivity index (χ2v) is 6.52. The number of pyridine rings is 1. The van der Waals surface area contributed by atoms with Gasteiger partial charge in [-0.25, -0.2) is 9.97 Å². The van der Waals surface area contributed by atoms with Gasteiger partial charge in [0.2, 0.25) is 5.71 Å². The molecule has 0 saturated heterocycles. The number of nitrogens with one attached hydrogen (secondary N) is 1. The predicted octanol–water partition coefficient (Wildman–Crippen LogP) is 3.25. The molecule has 0 aliphatic heterocycles. The third-order valence-corrected chi connectivity index (χ3v) is 3.85. The van der Waals surface area contributed by atoms with Crippen molar-refractivity contribution in [1.29, 1.82) is 0 Å². The number of rotatable bonds is 4. The zero-order chi connectivity index (χ0) is 18.1. The number of aryl methyl sites for hydroxylation is 1. The number of anilines is 1. The minimum absolute atomic E-state index is 0.155. The van der Waals surface area contributed by atoms with Crippen LogP contribution in [0.2, 0.25) is 5.15 Å². The zero-order valence-electron chi connectivity index (χ0n) is 14.0. The van der Waals surface area contributed by atoms with E-state index in [4.69, 9.17) is 16.0 Å². The standard InChI is InChI=1S/C17H17ClN4O3/c1-9(2)7-22-8-20-16-14(17(22)24)13(10(3)25-16)15(23)21-11-4-5-12(18)19-6-11/h4-6,8-9H,7H2,1-3H3,(H,21,23). The first-order valence-electron chi connectivity index (χ1n) is 7.78. The monoisotopic (exact) mass is 360 g/mol. The van der Waals surface area contributed by atoms with Crippen LogP contribution >= 0.6 is 11.6 Å². The number of nitrogens with zero attached hydrogens (tertiary/aromatic N) is 3. The first-order chi connectivity index (χ1) is 11.9. The second-order valence-electron chi connectivity index (χ2n) is 6.13. The number of furan rings is 1. The van der Waals surface area contributed by atoms with Crippen molar-refractivity contribution in [2.45, 2.75) is 27.3 Å². The van der Waals surface area contributed by atoms with Crippen molar-refractivity contribution in [2.24, 2.45) is 5.92 Å². The normalized spacial score (nSPS) is 11.2. The quantitative estimate of drug-likeness (QED) is 0.721. The fraction of sp³-hybridized carbons (Fsp3) is 0.294. The van der Waals surface area contributed by atoms with E-state index in [0.29, 0.717) is 23.1 Å². The Labute approximate surface area is 148 Å². The molecule has 8 heteroatoms. The smallest absolute Gasteiger partial charge is 0.265 e. The highest BCUT2D eigenvalue weighted by Crippen LogP contribution is 2.22. The number of halogens is 1. The van der Waals surface area contributed by atoms with Crippen molar-refractivity contribution >= 4 is 34.3 Å². The van der Waals surface area contributed by atoms with Gasteiger partial charge < -0.3 is 9.73 Å². The Morgan fingerprint density at radius 3 is 2.76 bits per heavy atom. The fourth-order valence-electron chi connectivity index (χ4n) is 2.58. The summed E-state index contributed by atoms with van der Waals surface area (Å²) in [5.74, 6) is 0.144. The lowest BCUT2D eigenvalue weighted by Crippen LogP contribution is -2.24. The molecule has 0 bridgehead atoms. The fourth-order valence-corrected chi connectivity index (χ4v) is 2.69. The predicted molar refractivity (Wildman–Crippen MR) is 95.0 cm³/mol. The number of carbonyl (C=O) groups excluding carboxylic acids is 1. The third-order valence-electron chi connectivity index (χ3n) is 3.63. The maximum atomic E-state index is 12.8. The number of amides is 1. The topological polar surface area (TPSA) is 90.0 Å². The van der Waals surface area contributed by atoms with Crippen LogP contribution in [-0.4, -0.2) is 20.4 Å². The number of hydrogen-bond donors (Lipinski definition) is 1. The van der Waals surface area contributed by atoms with Gasteiger partial charge in [-0.2, -0.15) is 0 Å². The second kappa shape index (κ2) is 6.68. The minimum Gasteiger partial charge on any atom is -0.442 e. The van der Waals surface area contributed by atoms with Gasteiger partial charge in [0.1, 0.15) is 22.6 Å².